The predicted molar refractivity (Wildman–Crippen MR) is 113 cm³/mol. The average Bonchev–Trinajstić information content (AvgIpc) is 2.79. The lowest BCUT2D eigenvalue weighted by atomic mass is 9.99. The summed E-state index contributed by atoms with van der Waals surface area (Å²) in [5, 5.41) is 0.877. The van der Waals surface area contributed by atoms with Gasteiger partial charge < -0.3 is 13.9 Å². The molecule has 0 amide bonds. The molecule has 0 atom stereocenters. The number of hydrogen-bond donors (Lipinski definition) is 0. The third-order valence-corrected chi connectivity index (χ3v) is 5.27. The van der Waals surface area contributed by atoms with E-state index in [2.05, 4.69) is 9.88 Å². The van der Waals surface area contributed by atoms with Gasteiger partial charge in [0.1, 0.15) is 23.8 Å². The number of aromatic nitrogens is 1. The van der Waals surface area contributed by atoms with Crippen molar-refractivity contribution in [3.8, 4) is 22.6 Å². The zero-order chi connectivity index (χ0) is 20.5. The molecule has 6 heteroatoms. The van der Waals surface area contributed by atoms with E-state index in [0.29, 0.717) is 25.4 Å². The maximum atomic E-state index is 12.4. The Bertz CT molecular complexity index is 1250. The first-order chi connectivity index (χ1) is 14.7. The molecule has 3 heterocycles. The highest BCUT2D eigenvalue weighted by Gasteiger charge is 2.23. The van der Waals surface area contributed by atoms with Crippen molar-refractivity contribution in [2.75, 3.05) is 13.8 Å². The number of ether oxygens (including phenoxy) is 2. The monoisotopic (exact) mass is 400 g/mol. The number of nitrogens with zero attached hydrogens (tertiary/aromatic N) is 2. The molecule has 0 radical (unpaired) electrons. The van der Waals surface area contributed by atoms with Crippen LogP contribution in [0.4, 0.5) is 0 Å². The summed E-state index contributed by atoms with van der Waals surface area (Å²) in [7, 11) is 1.63. The first-order valence-corrected chi connectivity index (χ1v) is 9.70. The minimum atomic E-state index is -0.386. The second-order valence-corrected chi connectivity index (χ2v) is 7.21. The van der Waals surface area contributed by atoms with Gasteiger partial charge in [-0.3, -0.25) is 9.88 Å². The van der Waals surface area contributed by atoms with Crippen LogP contribution < -0.4 is 15.1 Å². The van der Waals surface area contributed by atoms with Gasteiger partial charge in [-0.05, 0) is 47.5 Å². The molecule has 0 N–H and O–H groups in total. The highest BCUT2D eigenvalue weighted by atomic mass is 16.5. The minimum Gasteiger partial charge on any atom is -0.497 e. The standard InChI is InChI=1S/C24H20N2O4/c1-28-18-7-5-16(6-8-18)20-12-23(27)30-24-19(20)9-10-22-21(24)14-26(15-29-22)13-17-4-2-3-11-25-17/h2-12H,13-15H2,1H3. The van der Waals surface area contributed by atoms with Crippen molar-refractivity contribution < 1.29 is 13.9 Å². The molecule has 0 unspecified atom stereocenters. The van der Waals surface area contributed by atoms with Crippen molar-refractivity contribution in [1.82, 2.24) is 9.88 Å². The number of fused-ring (bicyclic) bond motifs is 3. The summed E-state index contributed by atoms with van der Waals surface area (Å²) in [5.74, 6) is 1.51. The van der Waals surface area contributed by atoms with Gasteiger partial charge in [-0.15, -0.1) is 0 Å². The SMILES string of the molecule is COc1ccc(-c2cc(=O)oc3c4c(ccc23)OCN(Cc2ccccn2)C4)cc1. The summed E-state index contributed by atoms with van der Waals surface area (Å²) in [6.07, 6.45) is 1.78. The van der Waals surface area contributed by atoms with E-state index in [1.807, 2.05) is 54.6 Å². The van der Waals surface area contributed by atoms with E-state index in [-0.39, 0.29) is 5.63 Å². The molecule has 0 saturated heterocycles. The van der Waals surface area contributed by atoms with E-state index in [0.717, 1.165) is 39.3 Å². The topological polar surface area (TPSA) is 64.8 Å². The highest BCUT2D eigenvalue weighted by molar-refractivity contribution is 5.95. The molecule has 30 heavy (non-hydrogen) atoms. The summed E-state index contributed by atoms with van der Waals surface area (Å²) < 4.78 is 16.9. The first-order valence-electron chi connectivity index (χ1n) is 9.70. The molecule has 1 aliphatic rings. The Morgan fingerprint density at radius 2 is 1.97 bits per heavy atom. The lowest BCUT2D eigenvalue weighted by Gasteiger charge is -2.29. The van der Waals surface area contributed by atoms with E-state index in [4.69, 9.17) is 13.9 Å². The third kappa shape index (κ3) is 3.42. The van der Waals surface area contributed by atoms with Gasteiger partial charge in [0.15, 0.2) is 0 Å². The zero-order valence-corrected chi connectivity index (χ0v) is 16.5. The Balaban J connectivity index is 1.57. The average molecular weight is 400 g/mol. The summed E-state index contributed by atoms with van der Waals surface area (Å²) in [6.45, 7) is 1.72. The Morgan fingerprint density at radius 3 is 2.73 bits per heavy atom. The summed E-state index contributed by atoms with van der Waals surface area (Å²) in [6, 6.07) is 18.9. The highest BCUT2D eigenvalue weighted by Crippen LogP contribution is 2.36. The molecule has 0 fully saturated rings. The number of hydrogen-bond acceptors (Lipinski definition) is 6. The van der Waals surface area contributed by atoms with Gasteiger partial charge in [0, 0.05) is 30.7 Å². The summed E-state index contributed by atoms with van der Waals surface area (Å²) in [5.41, 5.74) is 3.77. The fraction of sp³-hybridized carbons (Fsp3) is 0.167. The van der Waals surface area contributed by atoms with Gasteiger partial charge in [0.05, 0.1) is 18.4 Å². The van der Waals surface area contributed by atoms with E-state index in [1.54, 1.807) is 13.3 Å². The molecule has 4 aromatic rings. The second-order valence-electron chi connectivity index (χ2n) is 7.21. The lowest BCUT2D eigenvalue weighted by Crippen LogP contribution is -2.32. The van der Waals surface area contributed by atoms with Crippen LogP contribution in [0.5, 0.6) is 11.5 Å². The van der Waals surface area contributed by atoms with Crippen LogP contribution in [0, 0.1) is 0 Å². The van der Waals surface area contributed by atoms with Crippen LogP contribution in [0.15, 0.2) is 76.1 Å². The van der Waals surface area contributed by atoms with Crippen molar-refractivity contribution in [3.63, 3.8) is 0 Å². The molecular weight excluding hydrogens is 380 g/mol. The zero-order valence-electron chi connectivity index (χ0n) is 16.5. The number of pyridine rings is 1. The molecule has 0 aliphatic carbocycles. The number of rotatable bonds is 4. The van der Waals surface area contributed by atoms with Crippen molar-refractivity contribution >= 4 is 11.0 Å². The maximum absolute atomic E-state index is 12.4. The summed E-state index contributed by atoms with van der Waals surface area (Å²) >= 11 is 0. The number of methoxy groups -OCH3 is 1. The first kappa shape index (κ1) is 18.4. The van der Waals surface area contributed by atoms with Crippen LogP contribution in [0.1, 0.15) is 11.3 Å². The van der Waals surface area contributed by atoms with Gasteiger partial charge in [-0.25, -0.2) is 4.79 Å². The molecule has 6 nitrogen and oxygen atoms in total. The molecule has 1 aliphatic heterocycles. The van der Waals surface area contributed by atoms with Crippen LogP contribution in [0.2, 0.25) is 0 Å². The van der Waals surface area contributed by atoms with Crippen LogP contribution >= 0.6 is 0 Å². The van der Waals surface area contributed by atoms with Crippen molar-refractivity contribution in [1.29, 1.82) is 0 Å². The van der Waals surface area contributed by atoms with Gasteiger partial charge in [-0.2, -0.15) is 0 Å². The molecule has 0 saturated carbocycles. The van der Waals surface area contributed by atoms with Crippen molar-refractivity contribution in [3.05, 3.63) is 88.5 Å². The molecule has 2 aromatic heterocycles. The normalized spacial score (nSPS) is 13.6. The Morgan fingerprint density at radius 1 is 1.10 bits per heavy atom. The number of benzene rings is 2. The van der Waals surface area contributed by atoms with E-state index >= 15 is 0 Å². The van der Waals surface area contributed by atoms with Crippen LogP contribution in [-0.4, -0.2) is 23.7 Å². The van der Waals surface area contributed by atoms with E-state index in [1.165, 1.54) is 6.07 Å². The van der Waals surface area contributed by atoms with Crippen LogP contribution in [-0.2, 0) is 13.1 Å². The lowest BCUT2D eigenvalue weighted by molar-refractivity contribution is 0.0878. The minimum absolute atomic E-state index is 0.386. The molecule has 150 valence electrons. The third-order valence-electron chi connectivity index (χ3n) is 5.27. The smallest absolute Gasteiger partial charge is 0.336 e. The maximum Gasteiger partial charge on any atom is 0.336 e. The Hall–Kier alpha value is -3.64. The molecule has 0 bridgehead atoms. The fourth-order valence-corrected chi connectivity index (χ4v) is 3.81. The van der Waals surface area contributed by atoms with Gasteiger partial charge >= 0.3 is 5.63 Å². The largest absolute Gasteiger partial charge is 0.497 e. The molecule has 5 rings (SSSR count). The summed E-state index contributed by atoms with van der Waals surface area (Å²) in [4.78, 5) is 18.9. The van der Waals surface area contributed by atoms with E-state index in [9.17, 15) is 4.79 Å². The van der Waals surface area contributed by atoms with Crippen molar-refractivity contribution in [2.45, 2.75) is 13.1 Å². The quantitative estimate of drug-likeness (QED) is 0.478. The van der Waals surface area contributed by atoms with Gasteiger partial charge in [0.25, 0.3) is 0 Å². The fourth-order valence-electron chi connectivity index (χ4n) is 3.81. The molecule has 2 aromatic carbocycles. The molecular formula is C24H20N2O4. The predicted octanol–water partition coefficient (Wildman–Crippen LogP) is 4.22. The van der Waals surface area contributed by atoms with Crippen LogP contribution in [0.25, 0.3) is 22.1 Å². The van der Waals surface area contributed by atoms with Gasteiger partial charge in [0.2, 0.25) is 0 Å². The van der Waals surface area contributed by atoms with Crippen molar-refractivity contribution in [2.24, 2.45) is 0 Å². The Kier molecular flexibility index (Phi) is 4.69. The van der Waals surface area contributed by atoms with Gasteiger partial charge in [-0.1, -0.05) is 18.2 Å². The Labute approximate surface area is 173 Å². The molecule has 0 spiro atoms. The van der Waals surface area contributed by atoms with Crippen LogP contribution in [0.3, 0.4) is 0 Å². The second kappa shape index (κ2) is 7.65. The van der Waals surface area contributed by atoms with E-state index < -0.39 is 0 Å².